The lowest BCUT2D eigenvalue weighted by Gasteiger charge is -2.22. The third kappa shape index (κ3) is 6.47. The van der Waals surface area contributed by atoms with Crippen molar-refractivity contribution >= 4 is 21.6 Å². The van der Waals surface area contributed by atoms with Crippen LogP contribution in [-0.4, -0.2) is 38.0 Å². The molecule has 0 radical (unpaired) electrons. The molecule has 27 heavy (non-hydrogen) atoms. The Labute approximate surface area is 163 Å². The Kier molecular flexibility index (Phi) is 7.62. The van der Waals surface area contributed by atoms with Crippen molar-refractivity contribution in [2.75, 3.05) is 24.7 Å². The van der Waals surface area contributed by atoms with Gasteiger partial charge < -0.3 is 5.32 Å². The molecule has 0 bridgehead atoms. The first-order valence-electron chi connectivity index (χ1n) is 9.71. The summed E-state index contributed by atoms with van der Waals surface area (Å²) in [5.74, 6) is -0.0290. The highest BCUT2D eigenvalue weighted by atomic mass is 32.2. The number of carbonyl (C=O) groups is 1. The predicted octanol–water partition coefficient (Wildman–Crippen LogP) is 4.21. The van der Waals surface area contributed by atoms with Crippen molar-refractivity contribution in [1.29, 1.82) is 0 Å². The summed E-state index contributed by atoms with van der Waals surface area (Å²) in [6.45, 7) is 6.29. The van der Waals surface area contributed by atoms with Crippen LogP contribution < -0.4 is 5.32 Å². The number of carbonyl (C=O) groups excluding carboxylic acids is 1. The van der Waals surface area contributed by atoms with E-state index >= 15 is 0 Å². The summed E-state index contributed by atoms with van der Waals surface area (Å²) in [6, 6.07) is 5.92. The summed E-state index contributed by atoms with van der Waals surface area (Å²) in [4.78, 5) is 12.6. The average Bonchev–Trinajstić information content (AvgIpc) is 2.60. The SMILES string of the molecule is Cc1cccc(C(C)C)c1NC(=O)CN(CCC1=CCCCC1)S(C)(=O)=O. The van der Waals surface area contributed by atoms with Crippen LogP contribution in [0.2, 0.25) is 0 Å². The molecule has 0 saturated heterocycles. The molecule has 0 saturated carbocycles. The van der Waals surface area contributed by atoms with E-state index in [1.165, 1.54) is 22.6 Å². The molecule has 5 nitrogen and oxygen atoms in total. The third-order valence-corrected chi connectivity index (χ3v) is 6.30. The fourth-order valence-electron chi connectivity index (χ4n) is 3.44. The number of allylic oxidation sites excluding steroid dienone is 1. The maximum atomic E-state index is 12.6. The van der Waals surface area contributed by atoms with E-state index in [0.717, 1.165) is 36.1 Å². The fraction of sp³-hybridized carbons (Fsp3) is 0.571. The van der Waals surface area contributed by atoms with Gasteiger partial charge >= 0.3 is 0 Å². The zero-order chi connectivity index (χ0) is 20.0. The number of aryl methyl sites for hydroxylation is 1. The van der Waals surface area contributed by atoms with E-state index in [-0.39, 0.29) is 18.4 Å². The highest BCUT2D eigenvalue weighted by molar-refractivity contribution is 7.88. The molecule has 2 rings (SSSR count). The molecule has 0 heterocycles. The predicted molar refractivity (Wildman–Crippen MR) is 111 cm³/mol. The van der Waals surface area contributed by atoms with Crippen LogP contribution in [-0.2, 0) is 14.8 Å². The third-order valence-electron chi connectivity index (χ3n) is 5.05. The van der Waals surface area contributed by atoms with Gasteiger partial charge in [-0.05, 0) is 56.1 Å². The van der Waals surface area contributed by atoms with E-state index in [1.54, 1.807) is 0 Å². The van der Waals surface area contributed by atoms with Gasteiger partial charge in [-0.2, -0.15) is 4.31 Å². The molecule has 0 fully saturated rings. The zero-order valence-corrected chi connectivity index (χ0v) is 17.7. The Hall–Kier alpha value is -1.66. The van der Waals surface area contributed by atoms with Crippen molar-refractivity contribution in [3.63, 3.8) is 0 Å². The van der Waals surface area contributed by atoms with E-state index in [4.69, 9.17) is 0 Å². The molecule has 1 amide bonds. The molecule has 0 unspecified atom stereocenters. The van der Waals surface area contributed by atoms with Crippen molar-refractivity contribution in [3.8, 4) is 0 Å². The van der Waals surface area contributed by atoms with Gasteiger partial charge in [0.15, 0.2) is 0 Å². The first kappa shape index (κ1) is 21.6. The van der Waals surface area contributed by atoms with Gasteiger partial charge in [-0.3, -0.25) is 4.79 Å². The number of hydrogen-bond donors (Lipinski definition) is 1. The largest absolute Gasteiger partial charge is 0.324 e. The Bertz CT molecular complexity index is 798. The number of benzene rings is 1. The van der Waals surface area contributed by atoms with Gasteiger partial charge in [0.2, 0.25) is 15.9 Å². The number of sulfonamides is 1. The molecule has 1 aromatic rings. The summed E-state index contributed by atoms with van der Waals surface area (Å²) in [7, 11) is -3.44. The van der Waals surface area contributed by atoms with Crippen LogP contribution in [0, 0.1) is 6.92 Å². The minimum absolute atomic E-state index is 0.155. The number of amides is 1. The van der Waals surface area contributed by atoms with Crippen LogP contribution in [0.5, 0.6) is 0 Å². The normalized spacial score (nSPS) is 15.1. The fourth-order valence-corrected chi connectivity index (χ4v) is 4.22. The lowest BCUT2D eigenvalue weighted by molar-refractivity contribution is -0.116. The van der Waals surface area contributed by atoms with E-state index in [2.05, 4.69) is 25.2 Å². The van der Waals surface area contributed by atoms with Crippen LogP contribution in [0.4, 0.5) is 5.69 Å². The Balaban J connectivity index is 2.07. The molecule has 0 spiro atoms. The van der Waals surface area contributed by atoms with Gasteiger partial charge in [-0.1, -0.05) is 43.7 Å². The van der Waals surface area contributed by atoms with Gasteiger partial charge in [-0.25, -0.2) is 8.42 Å². The van der Waals surface area contributed by atoms with E-state index in [1.807, 2.05) is 25.1 Å². The van der Waals surface area contributed by atoms with Gasteiger partial charge in [0.05, 0.1) is 12.8 Å². The molecule has 0 aliphatic heterocycles. The van der Waals surface area contributed by atoms with Gasteiger partial charge in [0.25, 0.3) is 0 Å². The molecule has 1 aromatic carbocycles. The second-order valence-corrected chi connectivity index (χ2v) is 9.68. The van der Waals surface area contributed by atoms with Crippen LogP contribution in [0.3, 0.4) is 0 Å². The van der Waals surface area contributed by atoms with E-state index in [9.17, 15) is 13.2 Å². The van der Waals surface area contributed by atoms with Crippen molar-refractivity contribution in [2.45, 2.75) is 58.8 Å². The zero-order valence-electron chi connectivity index (χ0n) is 16.9. The highest BCUT2D eigenvalue weighted by Gasteiger charge is 2.22. The summed E-state index contributed by atoms with van der Waals surface area (Å²) >= 11 is 0. The standard InChI is InChI=1S/C21H32N2O3S/c1-16(2)19-12-8-9-17(3)21(19)22-20(24)15-23(27(4,25)26)14-13-18-10-6-5-7-11-18/h8-10,12,16H,5-7,11,13-15H2,1-4H3,(H,22,24). The number of nitrogens with one attached hydrogen (secondary N) is 1. The number of anilines is 1. The van der Waals surface area contributed by atoms with Crippen molar-refractivity contribution < 1.29 is 13.2 Å². The van der Waals surface area contributed by atoms with Gasteiger partial charge in [-0.15, -0.1) is 0 Å². The van der Waals surface area contributed by atoms with Crippen molar-refractivity contribution in [3.05, 3.63) is 41.0 Å². The second-order valence-electron chi connectivity index (χ2n) is 7.70. The molecule has 1 aliphatic carbocycles. The lowest BCUT2D eigenvalue weighted by atomic mass is 9.97. The topological polar surface area (TPSA) is 66.5 Å². The number of nitrogens with zero attached hydrogens (tertiary/aromatic N) is 1. The summed E-state index contributed by atoms with van der Waals surface area (Å²) in [5.41, 5.74) is 4.13. The summed E-state index contributed by atoms with van der Waals surface area (Å²) in [5, 5.41) is 2.94. The van der Waals surface area contributed by atoms with Gasteiger partial charge in [0, 0.05) is 12.2 Å². The van der Waals surface area contributed by atoms with Crippen molar-refractivity contribution in [2.24, 2.45) is 0 Å². The molecule has 150 valence electrons. The molecular formula is C21H32N2O3S. The molecule has 1 aliphatic rings. The number of rotatable bonds is 8. The van der Waals surface area contributed by atoms with E-state index < -0.39 is 10.0 Å². The minimum Gasteiger partial charge on any atom is -0.324 e. The monoisotopic (exact) mass is 392 g/mol. The average molecular weight is 393 g/mol. The first-order valence-corrected chi connectivity index (χ1v) is 11.6. The number of hydrogen-bond acceptors (Lipinski definition) is 3. The molecule has 1 N–H and O–H groups in total. The maximum absolute atomic E-state index is 12.6. The van der Waals surface area contributed by atoms with Crippen LogP contribution in [0.1, 0.15) is 63.0 Å². The smallest absolute Gasteiger partial charge is 0.239 e. The maximum Gasteiger partial charge on any atom is 0.239 e. The van der Waals surface area contributed by atoms with Crippen LogP contribution >= 0.6 is 0 Å². The Morgan fingerprint density at radius 1 is 1.26 bits per heavy atom. The Morgan fingerprint density at radius 3 is 2.59 bits per heavy atom. The van der Waals surface area contributed by atoms with Gasteiger partial charge in [0.1, 0.15) is 0 Å². The molecule has 0 aromatic heterocycles. The first-order chi connectivity index (χ1) is 12.7. The lowest BCUT2D eigenvalue weighted by Crippen LogP contribution is -2.38. The van der Waals surface area contributed by atoms with E-state index in [0.29, 0.717) is 13.0 Å². The summed E-state index contributed by atoms with van der Waals surface area (Å²) < 4.78 is 25.6. The minimum atomic E-state index is -3.44. The van der Waals surface area contributed by atoms with Crippen LogP contribution in [0.25, 0.3) is 0 Å². The molecule has 6 heteroatoms. The molecule has 0 atom stereocenters. The second kappa shape index (κ2) is 9.51. The van der Waals surface area contributed by atoms with Crippen LogP contribution in [0.15, 0.2) is 29.8 Å². The quantitative estimate of drug-likeness (QED) is 0.674. The highest BCUT2D eigenvalue weighted by Crippen LogP contribution is 2.27. The number of para-hydroxylation sites is 1. The molecular weight excluding hydrogens is 360 g/mol. The Morgan fingerprint density at radius 2 is 2.00 bits per heavy atom. The summed E-state index contributed by atoms with van der Waals surface area (Å²) in [6.07, 6.45) is 8.55. The van der Waals surface area contributed by atoms with Crippen molar-refractivity contribution in [1.82, 2.24) is 4.31 Å².